The third kappa shape index (κ3) is 5.16. The van der Waals surface area contributed by atoms with Gasteiger partial charge in [-0.1, -0.05) is 0 Å². The molecule has 0 radical (unpaired) electrons. The van der Waals surface area contributed by atoms with Crippen molar-refractivity contribution in [2.24, 2.45) is 5.92 Å². The first-order valence-corrected chi connectivity index (χ1v) is 6.55. The molecule has 1 N–H and O–H groups in total. The van der Waals surface area contributed by atoms with E-state index in [4.69, 9.17) is 0 Å². The smallest absolute Gasteiger partial charge is 0.393 e. The molecule has 1 amide bonds. The summed E-state index contributed by atoms with van der Waals surface area (Å²) in [6, 6.07) is 0. The summed E-state index contributed by atoms with van der Waals surface area (Å²) < 4.78 is 35.6. The topological polar surface area (TPSA) is 40.5 Å². The summed E-state index contributed by atoms with van der Waals surface area (Å²) in [5.74, 6) is -1.37. The fraction of sp³-hybridized carbons (Fsp3) is 0.900. The third-order valence-corrected chi connectivity index (χ3v) is 3.73. The van der Waals surface area contributed by atoms with E-state index in [2.05, 4.69) is 0 Å². The van der Waals surface area contributed by atoms with E-state index < -0.39 is 18.0 Å². The van der Waals surface area contributed by atoms with Crippen LogP contribution in [0.3, 0.4) is 0 Å². The van der Waals surface area contributed by atoms with Gasteiger partial charge in [0.2, 0.25) is 5.91 Å². The van der Waals surface area contributed by atoms with Gasteiger partial charge in [-0.15, -0.1) is 11.8 Å². The SMILES string of the molecule is CC(O)C1CCN(C(=O)CSCC(F)(F)F)C1. The van der Waals surface area contributed by atoms with Gasteiger partial charge in [-0.05, 0) is 13.3 Å². The first kappa shape index (κ1) is 14.6. The van der Waals surface area contributed by atoms with Gasteiger partial charge in [-0.3, -0.25) is 4.79 Å². The summed E-state index contributed by atoms with van der Waals surface area (Å²) >= 11 is 0.586. The quantitative estimate of drug-likeness (QED) is 0.842. The van der Waals surface area contributed by atoms with Crippen LogP contribution in [-0.2, 0) is 4.79 Å². The zero-order valence-corrected chi connectivity index (χ0v) is 10.4. The molecular formula is C10H16F3NO2S. The lowest BCUT2D eigenvalue weighted by Gasteiger charge is -2.17. The van der Waals surface area contributed by atoms with E-state index in [1.165, 1.54) is 4.90 Å². The van der Waals surface area contributed by atoms with Crippen LogP contribution in [0.1, 0.15) is 13.3 Å². The van der Waals surface area contributed by atoms with Crippen molar-refractivity contribution < 1.29 is 23.1 Å². The first-order valence-electron chi connectivity index (χ1n) is 5.40. The molecule has 1 aliphatic heterocycles. The Labute approximate surface area is 102 Å². The number of likely N-dealkylation sites (tertiary alicyclic amines) is 1. The highest BCUT2D eigenvalue weighted by atomic mass is 32.2. The largest absolute Gasteiger partial charge is 0.397 e. The van der Waals surface area contributed by atoms with Crippen molar-refractivity contribution in [1.29, 1.82) is 0 Å². The number of aliphatic hydroxyl groups is 1. The number of carbonyl (C=O) groups excluding carboxylic acids is 1. The lowest BCUT2D eigenvalue weighted by atomic mass is 10.0. The average molecular weight is 271 g/mol. The number of thioether (sulfide) groups is 1. The van der Waals surface area contributed by atoms with Crippen molar-refractivity contribution in [3.05, 3.63) is 0 Å². The summed E-state index contributed by atoms with van der Waals surface area (Å²) in [5.41, 5.74) is 0. The van der Waals surface area contributed by atoms with Crippen LogP contribution in [0.4, 0.5) is 13.2 Å². The predicted octanol–water partition coefficient (Wildman–Crippen LogP) is 1.51. The first-order chi connectivity index (χ1) is 7.79. The van der Waals surface area contributed by atoms with E-state index in [0.29, 0.717) is 31.3 Å². The minimum absolute atomic E-state index is 0.0477. The second kappa shape index (κ2) is 5.95. The molecule has 1 saturated heterocycles. The number of alkyl halides is 3. The number of rotatable bonds is 4. The molecule has 2 unspecified atom stereocenters. The molecule has 0 bridgehead atoms. The number of carbonyl (C=O) groups is 1. The Bertz CT molecular complexity index is 271. The maximum atomic E-state index is 11.9. The summed E-state index contributed by atoms with van der Waals surface area (Å²) in [5, 5.41) is 9.34. The number of halogens is 3. The second-order valence-electron chi connectivity index (χ2n) is 4.24. The number of hydrogen-bond donors (Lipinski definition) is 1. The van der Waals surface area contributed by atoms with Gasteiger partial charge >= 0.3 is 6.18 Å². The Balaban J connectivity index is 2.26. The highest BCUT2D eigenvalue weighted by molar-refractivity contribution is 8.00. The van der Waals surface area contributed by atoms with E-state index in [1.807, 2.05) is 0 Å². The normalized spacial score (nSPS) is 22.9. The zero-order valence-electron chi connectivity index (χ0n) is 9.54. The summed E-state index contributed by atoms with van der Waals surface area (Å²) in [4.78, 5) is 13.1. The van der Waals surface area contributed by atoms with Gasteiger partial charge in [0.15, 0.2) is 0 Å². The fourth-order valence-electron chi connectivity index (χ4n) is 1.75. The molecule has 1 fully saturated rings. The van der Waals surface area contributed by atoms with Crippen LogP contribution in [0, 0.1) is 5.92 Å². The van der Waals surface area contributed by atoms with Gasteiger partial charge in [0, 0.05) is 19.0 Å². The lowest BCUT2D eigenvalue weighted by molar-refractivity contribution is -0.127. The zero-order chi connectivity index (χ0) is 13.1. The van der Waals surface area contributed by atoms with Gasteiger partial charge < -0.3 is 10.0 Å². The maximum Gasteiger partial charge on any atom is 0.397 e. The van der Waals surface area contributed by atoms with Crippen LogP contribution in [0.5, 0.6) is 0 Å². The van der Waals surface area contributed by atoms with Crippen molar-refractivity contribution in [1.82, 2.24) is 4.90 Å². The molecule has 7 heteroatoms. The number of hydrogen-bond acceptors (Lipinski definition) is 3. The van der Waals surface area contributed by atoms with Crippen LogP contribution in [0.15, 0.2) is 0 Å². The molecule has 100 valence electrons. The number of aliphatic hydroxyl groups excluding tert-OH is 1. The third-order valence-electron chi connectivity index (χ3n) is 2.75. The van der Waals surface area contributed by atoms with E-state index >= 15 is 0 Å². The Morgan fingerprint density at radius 3 is 2.71 bits per heavy atom. The number of nitrogens with zero attached hydrogens (tertiary/aromatic N) is 1. The highest BCUT2D eigenvalue weighted by Crippen LogP contribution is 2.23. The van der Waals surface area contributed by atoms with Gasteiger partial charge in [0.25, 0.3) is 0 Å². The number of amides is 1. The van der Waals surface area contributed by atoms with Crippen molar-refractivity contribution in [3.63, 3.8) is 0 Å². The van der Waals surface area contributed by atoms with Crippen LogP contribution in [0.25, 0.3) is 0 Å². The molecule has 0 aromatic heterocycles. The van der Waals surface area contributed by atoms with Crippen molar-refractivity contribution in [2.75, 3.05) is 24.6 Å². The van der Waals surface area contributed by atoms with Crippen molar-refractivity contribution in [3.8, 4) is 0 Å². The van der Waals surface area contributed by atoms with Crippen molar-refractivity contribution >= 4 is 17.7 Å². The minimum Gasteiger partial charge on any atom is -0.393 e. The van der Waals surface area contributed by atoms with Gasteiger partial charge in [-0.2, -0.15) is 13.2 Å². The molecule has 0 aromatic rings. The van der Waals surface area contributed by atoms with E-state index in [-0.39, 0.29) is 17.6 Å². The molecule has 0 saturated carbocycles. The molecular weight excluding hydrogens is 255 g/mol. The molecule has 0 spiro atoms. The van der Waals surface area contributed by atoms with E-state index in [1.54, 1.807) is 6.92 Å². The summed E-state index contributed by atoms with van der Waals surface area (Å²) in [7, 11) is 0. The van der Waals surface area contributed by atoms with Crippen LogP contribution >= 0.6 is 11.8 Å². The highest BCUT2D eigenvalue weighted by Gasteiger charge is 2.31. The predicted molar refractivity (Wildman–Crippen MR) is 59.7 cm³/mol. The Morgan fingerprint density at radius 2 is 2.24 bits per heavy atom. The van der Waals surface area contributed by atoms with Crippen LogP contribution in [0.2, 0.25) is 0 Å². The summed E-state index contributed by atoms with van der Waals surface area (Å²) in [6.45, 7) is 2.64. The van der Waals surface area contributed by atoms with Gasteiger partial charge in [0.05, 0.1) is 17.6 Å². The summed E-state index contributed by atoms with van der Waals surface area (Å²) in [6.07, 6.45) is -3.98. The molecule has 0 aliphatic carbocycles. The fourth-order valence-corrected chi connectivity index (χ4v) is 2.44. The lowest BCUT2D eigenvalue weighted by Crippen LogP contribution is -2.32. The molecule has 3 nitrogen and oxygen atoms in total. The molecule has 0 aromatic carbocycles. The minimum atomic E-state index is -4.22. The molecule has 1 rings (SSSR count). The van der Waals surface area contributed by atoms with E-state index in [9.17, 15) is 23.1 Å². The second-order valence-corrected chi connectivity index (χ2v) is 5.22. The van der Waals surface area contributed by atoms with Crippen LogP contribution < -0.4 is 0 Å². The standard InChI is InChI=1S/C10H16F3NO2S/c1-7(15)8-2-3-14(4-8)9(16)5-17-6-10(11,12)13/h7-8,15H,2-6H2,1H3. The molecule has 1 aliphatic rings. The van der Waals surface area contributed by atoms with E-state index in [0.717, 1.165) is 0 Å². The van der Waals surface area contributed by atoms with Gasteiger partial charge in [0.1, 0.15) is 0 Å². The maximum absolute atomic E-state index is 11.9. The monoisotopic (exact) mass is 271 g/mol. The van der Waals surface area contributed by atoms with Gasteiger partial charge in [-0.25, -0.2) is 0 Å². The molecule has 1 heterocycles. The van der Waals surface area contributed by atoms with Crippen LogP contribution in [-0.4, -0.2) is 52.8 Å². The average Bonchev–Trinajstić information content (AvgIpc) is 2.63. The molecule has 2 atom stereocenters. The van der Waals surface area contributed by atoms with Crippen molar-refractivity contribution in [2.45, 2.75) is 25.6 Å². The Morgan fingerprint density at radius 1 is 1.59 bits per heavy atom. The Hall–Kier alpha value is -0.430. The molecule has 17 heavy (non-hydrogen) atoms. The Kier molecular flexibility index (Phi) is 5.12.